The fourth-order valence-corrected chi connectivity index (χ4v) is 3.30. The molecular weight excluding hydrogens is 370 g/mol. The molecule has 27 heavy (non-hydrogen) atoms. The molecule has 0 aliphatic carbocycles. The van der Waals surface area contributed by atoms with Crippen molar-refractivity contribution in [3.63, 3.8) is 0 Å². The summed E-state index contributed by atoms with van der Waals surface area (Å²) in [5.74, 6) is 0.858. The van der Waals surface area contributed by atoms with Crippen molar-refractivity contribution in [3.05, 3.63) is 63.2 Å². The number of fused-ring (bicyclic) bond motifs is 1. The number of hydrogen-bond acceptors (Lipinski definition) is 4. The summed E-state index contributed by atoms with van der Waals surface area (Å²) < 4.78 is 6.73. The van der Waals surface area contributed by atoms with E-state index in [1.165, 1.54) is 4.57 Å². The molecule has 1 atom stereocenters. The van der Waals surface area contributed by atoms with Crippen molar-refractivity contribution in [2.75, 3.05) is 7.11 Å². The smallest absolute Gasteiger partial charge is 0.405 e. The monoisotopic (exact) mass is 387 g/mol. The lowest BCUT2D eigenvalue weighted by molar-refractivity contribution is 0.190. The molecule has 0 saturated carbocycles. The number of rotatable bonds is 4. The maximum atomic E-state index is 13.3. The third-order valence-electron chi connectivity index (χ3n) is 4.32. The molecule has 2 aromatic carbocycles. The summed E-state index contributed by atoms with van der Waals surface area (Å²) in [6.07, 6.45) is -1.21. The zero-order valence-electron chi connectivity index (χ0n) is 15.0. The Morgan fingerprint density at radius 2 is 2.00 bits per heavy atom. The van der Waals surface area contributed by atoms with Gasteiger partial charge in [-0.05, 0) is 38.1 Å². The molecule has 0 aliphatic heterocycles. The molecular formula is C19H18ClN3O4. The van der Waals surface area contributed by atoms with Crippen molar-refractivity contribution in [1.29, 1.82) is 0 Å². The van der Waals surface area contributed by atoms with E-state index in [1.54, 1.807) is 50.4 Å². The van der Waals surface area contributed by atoms with Gasteiger partial charge in [-0.15, -0.1) is 0 Å². The number of aromatic nitrogens is 2. The van der Waals surface area contributed by atoms with Crippen LogP contribution in [0.5, 0.6) is 5.75 Å². The Kier molecular flexibility index (Phi) is 5.05. The molecule has 3 aromatic rings. The highest BCUT2D eigenvalue weighted by molar-refractivity contribution is 6.35. The molecule has 1 heterocycles. The zero-order valence-corrected chi connectivity index (χ0v) is 15.7. The van der Waals surface area contributed by atoms with Crippen molar-refractivity contribution in [1.82, 2.24) is 14.9 Å². The summed E-state index contributed by atoms with van der Waals surface area (Å²) in [7, 11) is 1.54. The predicted octanol–water partition coefficient (Wildman–Crippen LogP) is 3.68. The van der Waals surface area contributed by atoms with Gasteiger partial charge in [0.25, 0.3) is 5.56 Å². The molecule has 0 fully saturated rings. The number of ether oxygens (including phenoxy) is 1. The molecule has 0 radical (unpaired) electrons. The van der Waals surface area contributed by atoms with Crippen LogP contribution in [0.25, 0.3) is 16.6 Å². The van der Waals surface area contributed by atoms with Gasteiger partial charge in [0.1, 0.15) is 11.6 Å². The van der Waals surface area contributed by atoms with Crippen LogP contribution >= 0.6 is 11.6 Å². The summed E-state index contributed by atoms with van der Waals surface area (Å²) in [6, 6.07) is 9.53. The Hall–Kier alpha value is -3.06. The second-order valence-corrected chi connectivity index (χ2v) is 6.43. The van der Waals surface area contributed by atoms with Gasteiger partial charge in [-0.25, -0.2) is 9.78 Å². The Labute approximate surface area is 160 Å². The van der Waals surface area contributed by atoms with E-state index in [2.05, 4.69) is 10.3 Å². The first-order chi connectivity index (χ1) is 12.8. The number of carboxylic acid groups (broad SMARTS) is 1. The Morgan fingerprint density at radius 3 is 2.67 bits per heavy atom. The van der Waals surface area contributed by atoms with Gasteiger partial charge < -0.3 is 15.2 Å². The first kappa shape index (κ1) is 18.7. The molecule has 3 rings (SSSR count). The zero-order chi connectivity index (χ0) is 19.7. The normalized spacial score (nSPS) is 12.0. The maximum absolute atomic E-state index is 13.3. The van der Waals surface area contributed by atoms with Crippen LogP contribution < -0.4 is 15.6 Å². The predicted molar refractivity (Wildman–Crippen MR) is 103 cm³/mol. The van der Waals surface area contributed by atoms with Crippen LogP contribution in [0.15, 0.2) is 41.2 Å². The fourth-order valence-electron chi connectivity index (χ4n) is 3.05. The van der Waals surface area contributed by atoms with E-state index in [1.807, 2.05) is 6.92 Å². The van der Waals surface area contributed by atoms with Crippen LogP contribution in [0.4, 0.5) is 4.79 Å². The summed E-state index contributed by atoms with van der Waals surface area (Å²) in [4.78, 5) is 29.0. The van der Waals surface area contributed by atoms with Gasteiger partial charge >= 0.3 is 6.09 Å². The van der Waals surface area contributed by atoms with Gasteiger partial charge in [-0.2, -0.15) is 0 Å². The number of benzene rings is 2. The van der Waals surface area contributed by atoms with Crippen molar-refractivity contribution in [2.24, 2.45) is 0 Å². The minimum absolute atomic E-state index is 0.258. The van der Waals surface area contributed by atoms with E-state index >= 15 is 0 Å². The first-order valence-corrected chi connectivity index (χ1v) is 8.57. The second kappa shape index (κ2) is 7.28. The Morgan fingerprint density at radius 1 is 1.30 bits per heavy atom. The number of carbonyl (C=O) groups is 1. The van der Waals surface area contributed by atoms with Gasteiger partial charge in [0.2, 0.25) is 0 Å². The van der Waals surface area contributed by atoms with Gasteiger partial charge in [-0.3, -0.25) is 9.36 Å². The summed E-state index contributed by atoms with van der Waals surface area (Å²) >= 11 is 6.25. The van der Waals surface area contributed by atoms with Gasteiger partial charge in [0, 0.05) is 5.56 Å². The molecule has 1 aromatic heterocycles. The Bertz CT molecular complexity index is 1090. The molecule has 0 bridgehead atoms. The van der Waals surface area contributed by atoms with Gasteiger partial charge in [-0.1, -0.05) is 23.7 Å². The SMILES string of the molecule is COc1cccc(-n2c(C(C)NC(=O)O)nc3cccc(Cl)c3c2=O)c1C. The summed E-state index contributed by atoms with van der Waals surface area (Å²) in [5, 5.41) is 12.0. The molecule has 140 valence electrons. The lowest BCUT2D eigenvalue weighted by Crippen LogP contribution is -2.32. The standard InChI is InChI=1S/C19H18ClN3O4/c1-10-14(8-5-9-15(10)27-3)23-17(11(2)21-19(25)26)22-13-7-4-6-12(20)16(13)18(23)24/h4-9,11,21H,1-3H3,(H,25,26). The number of methoxy groups -OCH3 is 1. The summed E-state index contributed by atoms with van der Waals surface area (Å²) in [6.45, 7) is 3.44. The minimum atomic E-state index is -1.21. The Balaban J connectivity index is 2.42. The molecule has 1 amide bonds. The topological polar surface area (TPSA) is 93.4 Å². The van der Waals surface area contributed by atoms with Gasteiger partial charge in [0.05, 0.1) is 34.8 Å². The van der Waals surface area contributed by atoms with Crippen LogP contribution in [-0.4, -0.2) is 27.9 Å². The third-order valence-corrected chi connectivity index (χ3v) is 4.63. The van der Waals surface area contributed by atoms with Crippen LogP contribution in [0.2, 0.25) is 5.02 Å². The average Bonchev–Trinajstić information content (AvgIpc) is 2.61. The first-order valence-electron chi connectivity index (χ1n) is 8.19. The second-order valence-electron chi connectivity index (χ2n) is 6.02. The fraction of sp³-hybridized carbons (Fsp3) is 0.211. The average molecular weight is 388 g/mol. The number of nitrogens with zero attached hydrogens (tertiary/aromatic N) is 2. The number of hydrogen-bond donors (Lipinski definition) is 2. The lowest BCUT2D eigenvalue weighted by Gasteiger charge is -2.20. The van der Waals surface area contributed by atoms with E-state index in [-0.39, 0.29) is 21.8 Å². The van der Waals surface area contributed by atoms with Crippen LogP contribution in [0.1, 0.15) is 24.4 Å². The number of nitrogens with one attached hydrogen (secondary N) is 1. The molecule has 2 N–H and O–H groups in total. The van der Waals surface area contributed by atoms with Crippen molar-refractivity contribution in [2.45, 2.75) is 19.9 Å². The van der Waals surface area contributed by atoms with Crippen molar-refractivity contribution >= 4 is 28.6 Å². The van der Waals surface area contributed by atoms with Crippen molar-refractivity contribution < 1.29 is 14.6 Å². The van der Waals surface area contributed by atoms with E-state index in [4.69, 9.17) is 21.4 Å². The molecule has 7 nitrogen and oxygen atoms in total. The third kappa shape index (κ3) is 3.33. The van der Waals surface area contributed by atoms with Crippen LogP contribution in [0.3, 0.4) is 0 Å². The van der Waals surface area contributed by atoms with Crippen LogP contribution in [-0.2, 0) is 0 Å². The quantitative estimate of drug-likeness (QED) is 0.712. The highest BCUT2D eigenvalue weighted by Gasteiger charge is 2.22. The highest BCUT2D eigenvalue weighted by atomic mass is 35.5. The molecule has 0 aliphatic rings. The van der Waals surface area contributed by atoms with Crippen LogP contribution in [0, 0.1) is 6.92 Å². The molecule has 0 saturated heterocycles. The van der Waals surface area contributed by atoms with E-state index in [0.717, 1.165) is 5.56 Å². The van der Waals surface area contributed by atoms with Gasteiger partial charge in [0.15, 0.2) is 0 Å². The highest BCUT2D eigenvalue weighted by Crippen LogP contribution is 2.27. The summed E-state index contributed by atoms with van der Waals surface area (Å²) in [5.41, 5.74) is 1.29. The maximum Gasteiger partial charge on any atom is 0.405 e. The molecule has 0 spiro atoms. The largest absolute Gasteiger partial charge is 0.496 e. The van der Waals surface area contributed by atoms with E-state index < -0.39 is 12.1 Å². The minimum Gasteiger partial charge on any atom is -0.496 e. The van der Waals surface area contributed by atoms with Crippen molar-refractivity contribution in [3.8, 4) is 11.4 Å². The molecule has 1 unspecified atom stereocenters. The van der Waals surface area contributed by atoms with E-state index in [9.17, 15) is 9.59 Å². The number of amides is 1. The lowest BCUT2D eigenvalue weighted by atomic mass is 10.1. The van der Waals surface area contributed by atoms with E-state index in [0.29, 0.717) is 17.0 Å². The number of halogens is 1. The molecule has 8 heteroatoms.